The molecule has 130 valence electrons. The number of piperazine rings is 1. The zero-order chi connectivity index (χ0) is 17.0. The van der Waals surface area contributed by atoms with Crippen LogP contribution in [0.4, 0.5) is 0 Å². The number of hydrogen-bond donors (Lipinski definition) is 1. The first-order valence-corrected chi connectivity index (χ1v) is 9.15. The Labute approximate surface area is 142 Å². The van der Waals surface area contributed by atoms with Crippen LogP contribution in [0.2, 0.25) is 0 Å². The van der Waals surface area contributed by atoms with Gasteiger partial charge in [-0.15, -0.1) is 0 Å². The van der Waals surface area contributed by atoms with Gasteiger partial charge in [-0.25, -0.2) is 0 Å². The second-order valence-electron chi connectivity index (χ2n) is 8.00. The van der Waals surface area contributed by atoms with E-state index < -0.39 is 0 Å². The fraction of sp³-hybridized carbons (Fsp3) is 0.700. The molecule has 2 N–H and O–H groups in total. The third-order valence-electron chi connectivity index (χ3n) is 5.13. The molecule has 0 amide bonds. The summed E-state index contributed by atoms with van der Waals surface area (Å²) in [5.41, 5.74) is 9.09. The Morgan fingerprint density at radius 2 is 1.83 bits per heavy atom. The van der Waals surface area contributed by atoms with Crippen molar-refractivity contribution in [2.75, 3.05) is 32.7 Å². The van der Waals surface area contributed by atoms with Gasteiger partial charge in [0.05, 0.1) is 0 Å². The largest absolute Gasteiger partial charge is 0.329 e. The predicted molar refractivity (Wildman–Crippen MR) is 99.8 cm³/mol. The van der Waals surface area contributed by atoms with E-state index in [9.17, 15) is 0 Å². The summed E-state index contributed by atoms with van der Waals surface area (Å²) in [6.45, 7) is 16.7. The van der Waals surface area contributed by atoms with Gasteiger partial charge in [-0.2, -0.15) is 0 Å². The molecule has 1 heterocycles. The van der Waals surface area contributed by atoms with Crippen LogP contribution in [0.25, 0.3) is 0 Å². The van der Waals surface area contributed by atoms with Crippen molar-refractivity contribution in [2.45, 2.75) is 58.5 Å². The summed E-state index contributed by atoms with van der Waals surface area (Å²) in [5.74, 6) is 0. The summed E-state index contributed by atoms with van der Waals surface area (Å²) in [5, 5.41) is 0. The average Bonchev–Trinajstić information content (AvgIpc) is 2.50. The summed E-state index contributed by atoms with van der Waals surface area (Å²) in [6.07, 6.45) is 1.24. The van der Waals surface area contributed by atoms with Gasteiger partial charge < -0.3 is 5.73 Å². The molecule has 23 heavy (non-hydrogen) atoms. The lowest BCUT2D eigenvalue weighted by Gasteiger charge is -2.43. The highest BCUT2D eigenvalue weighted by molar-refractivity contribution is 5.29. The van der Waals surface area contributed by atoms with Crippen molar-refractivity contribution in [3.63, 3.8) is 0 Å². The molecule has 1 aromatic rings. The van der Waals surface area contributed by atoms with Crippen molar-refractivity contribution < 1.29 is 0 Å². The van der Waals surface area contributed by atoms with E-state index in [2.05, 4.69) is 68.7 Å². The SMILES string of the molecule is CCCN1CCN(C(CN)c2ccc(C(C)(C)C)cc2)CC1C. The van der Waals surface area contributed by atoms with Crippen LogP contribution in [0.5, 0.6) is 0 Å². The molecule has 0 spiro atoms. The van der Waals surface area contributed by atoms with E-state index in [1.54, 1.807) is 0 Å². The van der Waals surface area contributed by atoms with Crippen LogP contribution in [0.15, 0.2) is 24.3 Å². The van der Waals surface area contributed by atoms with E-state index in [4.69, 9.17) is 5.73 Å². The molecule has 2 rings (SSSR count). The molecule has 3 nitrogen and oxygen atoms in total. The molecule has 1 aliphatic heterocycles. The minimum absolute atomic E-state index is 0.205. The van der Waals surface area contributed by atoms with Crippen LogP contribution in [0, 0.1) is 0 Å². The number of hydrogen-bond acceptors (Lipinski definition) is 3. The molecular weight excluding hydrogens is 282 g/mol. The summed E-state index contributed by atoms with van der Waals surface area (Å²) in [7, 11) is 0. The molecular formula is C20H35N3. The smallest absolute Gasteiger partial charge is 0.0471 e. The van der Waals surface area contributed by atoms with Crippen LogP contribution in [0.1, 0.15) is 58.2 Å². The van der Waals surface area contributed by atoms with E-state index in [0.717, 1.165) is 19.6 Å². The van der Waals surface area contributed by atoms with Crippen LogP contribution in [0.3, 0.4) is 0 Å². The highest BCUT2D eigenvalue weighted by atomic mass is 15.3. The van der Waals surface area contributed by atoms with Gasteiger partial charge >= 0.3 is 0 Å². The van der Waals surface area contributed by atoms with Crippen molar-refractivity contribution in [3.05, 3.63) is 35.4 Å². The van der Waals surface area contributed by atoms with Crippen molar-refractivity contribution in [1.82, 2.24) is 9.80 Å². The summed E-state index contributed by atoms with van der Waals surface area (Å²) < 4.78 is 0. The van der Waals surface area contributed by atoms with Gasteiger partial charge in [-0.05, 0) is 36.4 Å². The lowest BCUT2D eigenvalue weighted by molar-refractivity contribution is 0.0572. The molecule has 2 atom stereocenters. The Bertz CT molecular complexity index is 475. The summed E-state index contributed by atoms with van der Waals surface area (Å²) in [6, 6.07) is 10.1. The van der Waals surface area contributed by atoms with Crippen LogP contribution < -0.4 is 5.73 Å². The fourth-order valence-corrected chi connectivity index (χ4v) is 3.63. The lowest BCUT2D eigenvalue weighted by Crippen LogP contribution is -2.53. The van der Waals surface area contributed by atoms with E-state index in [-0.39, 0.29) is 5.41 Å². The van der Waals surface area contributed by atoms with Gasteiger partial charge in [-0.3, -0.25) is 9.80 Å². The minimum Gasteiger partial charge on any atom is -0.329 e. The first kappa shape index (κ1) is 18.4. The van der Waals surface area contributed by atoms with Gasteiger partial charge in [-0.1, -0.05) is 52.0 Å². The second-order valence-corrected chi connectivity index (χ2v) is 8.00. The Morgan fingerprint density at radius 1 is 1.17 bits per heavy atom. The van der Waals surface area contributed by atoms with Gasteiger partial charge in [0, 0.05) is 38.3 Å². The standard InChI is InChI=1S/C20H35N3/c1-6-11-22-12-13-23(15-16(22)2)19(14-21)17-7-9-18(10-8-17)20(3,4)5/h7-10,16,19H,6,11-15,21H2,1-5H3. The van der Waals surface area contributed by atoms with Crippen molar-refractivity contribution in [3.8, 4) is 0 Å². The normalized spacial score (nSPS) is 22.3. The van der Waals surface area contributed by atoms with E-state index >= 15 is 0 Å². The molecule has 0 aromatic heterocycles. The van der Waals surface area contributed by atoms with Gasteiger partial charge in [0.1, 0.15) is 0 Å². The zero-order valence-electron chi connectivity index (χ0n) is 15.7. The lowest BCUT2D eigenvalue weighted by atomic mass is 9.86. The first-order valence-electron chi connectivity index (χ1n) is 9.15. The Morgan fingerprint density at radius 3 is 2.30 bits per heavy atom. The number of benzene rings is 1. The Hall–Kier alpha value is -0.900. The minimum atomic E-state index is 0.205. The monoisotopic (exact) mass is 317 g/mol. The molecule has 0 saturated carbocycles. The quantitative estimate of drug-likeness (QED) is 0.903. The second kappa shape index (κ2) is 7.78. The van der Waals surface area contributed by atoms with E-state index in [1.807, 2.05) is 0 Å². The van der Waals surface area contributed by atoms with Crippen LogP contribution >= 0.6 is 0 Å². The number of nitrogens with zero attached hydrogens (tertiary/aromatic N) is 2. The highest BCUT2D eigenvalue weighted by Gasteiger charge is 2.28. The highest BCUT2D eigenvalue weighted by Crippen LogP contribution is 2.27. The van der Waals surface area contributed by atoms with Gasteiger partial charge in [0.15, 0.2) is 0 Å². The van der Waals surface area contributed by atoms with E-state index in [0.29, 0.717) is 18.6 Å². The van der Waals surface area contributed by atoms with Crippen molar-refractivity contribution in [1.29, 1.82) is 0 Å². The third-order valence-corrected chi connectivity index (χ3v) is 5.13. The molecule has 1 saturated heterocycles. The molecule has 1 aliphatic rings. The zero-order valence-corrected chi connectivity index (χ0v) is 15.7. The molecule has 3 heteroatoms. The molecule has 1 fully saturated rings. The van der Waals surface area contributed by atoms with Gasteiger partial charge in [0.25, 0.3) is 0 Å². The molecule has 0 aliphatic carbocycles. The topological polar surface area (TPSA) is 32.5 Å². The molecule has 1 aromatic carbocycles. The van der Waals surface area contributed by atoms with Gasteiger partial charge in [0.2, 0.25) is 0 Å². The predicted octanol–water partition coefficient (Wildman–Crippen LogP) is 3.40. The Kier molecular flexibility index (Phi) is 6.24. The summed E-state index contributed by atoms with van der Waals surface area (Å²) in [4.78, 5) is 5.18. The maximum absolute atomic E-state index is 6.14. The average molecular weight is 318 g/mol. The fourth-order valence-electron chi connectivity index (χ4n) is 3.63. The summed E-state index contributed by atoms with van der Waals surface area (Å²) >= 11 is 0. The maximum Gasteiger partial charge on any atom is 0.0471 e. The van der Waals surface area contributed by atoms with Crippen LogP contribution in [-0.2, 0) is 5.41 Å². The molecule has 0 bridgehead atoms. The first-order chi connectivity index (χ1) is 10.9. The molecule has 0 radical (unpaired) electrons. The Balaban J connectivity index is 2.08. The van der Waals surface area contributed by atoms with Crippen molar-refractivity contribution in [2.24, 2.45) is 5.73 Å². The van der Waals surface area contributed by atoms with E-state index in [1.165, 1.54) is 24.1 Å². The van der Waals surface area contributed by atoms with Crippen molar-refractivity contribution >= 4 is 0 Å². The maximum atomic E-state index is 6.14. The third kappa shape index (κ3) is 4.56. The number of rotatable bonds is 5. The number of nitrogens with two attached hydrogens (primary N) is 1. The molecule has 2 unspecified atom stereocenters. The van der Waals surface area contributed by atoms with Crippen LogP contribution in [-0.4, -0.2) is 48.6 Å².